The van der Waals surface area contributed by atoms with E-state index in [4.69, 9.17) is 12.2 Å². The Balaban J connectivity index is 1.77. The molecule has 2 aromatic rings. The van der Waals surface area contributed by atoms with Crippen LogP contribution in [-0.4, -0.2) is 16.1 Å². The molecule has 0 unspecified atom stereocenters. The van der Waals surface area contributed by atoms with E-state index in [0.717, 1.165) is 24.2 Å². The number of aromatic nitrogens is 1. The number of hydrogen-bond acceptors (Lipinski definition) is 2. The summed E-state index contributed by atoms with van der Waals surface area (Å²) in [7, 11) is 0. The van der Waals surface area contributed by atoms with Crippen molar-refractivity contribution in [2.45, 2.75) is 32.7 Å². The molecule has 1 atom stereocenters. The Morgan fingerprint density at radius 2 is 2.00 bits per heavy atom. The number of nitrogens with one attached hydrogen (secondary N) is 2. The van der Waals surface area contributed by atoms with E-state index in [-0.39, 0.29) is 0 Å². The van der Waals surface area contributed by atoms with Crippen LogP contribution < -0.4 is 10.6 Å². The van der Waals surface area contributed by atoms with E-state index in [1.807, 2.05) is 25.1 Å². The van der Waals surface area contributed by atoms with Crippen LogP contribution in [0.3, 0.4) is 0 Å². The largest absolute Gasteiger partial charge is 0.360 e. The van der Waals surface area contributed by atoms with E-state index < -0.39 is 0 Å². The molecule has 0 bridgehead atoms. The zero-order chi connectivity index (χ0) is 15.1. The molecule has 2 rings (SSSR count). The van der Waals surface area contributed by atoms with E-state index in [2.05, 4.69) is 46.8 Å². The summed E-state index contributed by atoms with van der Waals surface area (Å²) in [6.45, 7) is 4.17. The smallest absolute Gasteiger partial charge is 0.172 e. The van der Waals surface area contributed by atoms with Crippen LogP contribution in [0.25, 0.3) is 0 Å². The first-order chi connectivity index (χ1) is 10.1. The molecule has 0 amide bonds. The van der Waals surface area contributed by atoms with Gasteiger partial charge in [0.25, 0.3) is 0 Å². The van der Waals surface area contributed by atoms with Crippen LogP contribution in [0.4, 0.5) is 5.82 Å². The molecule has 0 spiro atoms. The van der Waals surface area contributed by atoms with E-state index in [9.17, 15) is 0 Å². The topological polar surface area (TPSA) is 37.0 Å². The highest BCUT2D eigenvalue weighted by Crippen LogP contribution is 2.07. The minimum atomic E-state index is 0.315. The third-order valence-electron chi connectivity index (χ3n) is 3.24. The molecular formula is C17H21N3S. The number of thiocarbonyl (C=S) groups is 1. The first-order valence-electron chi connectivity index (χ1n) is 7.17. The Labute approximate surface area is 131 Å². The maximum Gasteiger partial charge on any atom is 0.172 e. The molecule has 4 heteroatoms. The zero-order valence-electron chi connectivity index (χ0n) is 12.5. The van der Waals surface area contributed by atoms with Crippen LogP contribution in [0.1, 0.15) is 24.5 Å². The summed E-state index contributed by atoms with van der Waals surface area (Å²) < 4.78 is 0. The van der Waals surface area contributed by atoms with Crippen LogP contribution in [0.2, 0.25) is 0 Å². The molecular weight excluding hydrogens is 278 g/mol. The number of hydrogen-bond donors (Lipinski definition) is 2. The first-order valence-corrected chi connectivity index (χ1v) is 7.58. The molecule has 1 heterocycles. The Hall–Kier alpha value is -1.94. The van der Waals surface area contributed by atoms with Gasteiger partial charge in [0.15, 0.2) is 5.11 Å². The van der Waals surface area contributed by atoms with Gasteiger partial charge in [-0.15, -0.1) is 0 Å². The lowest BCUT2D eigenvalue weighted by Gasteiger charge is -2.16. The number of pyridine rings is 1. The summed E-state index contributed by atoms with van der Waals surface area (Å²) >= 11 is 5.32. The van der Waals surface area contributed by atoms with E-state index in [1.54, 1.807) is 6.20 Å². The van der Waals surface area contributed by atoms with Gasteiger partial charge in [-0.05, 0) is 62.2 Å². The fourth-order valence-electron chi connectivity index (χ4n) is 2.08. The maximum atomic E-state index is 5.32. The molecule has 1 aromatic heterocycles. The van der Waals surface area contributed by atoms with Crippen molar-refractivity contribution in [1.29, 1.82) is 0 Å². The molecule has 21 heavy (non-hydrogen) atoms. The number of benzene rings is 1. The van der Waals surface area contributed by atoms with Gasteiger partial charge >= 0.3 is 0 Å². The normalized spacial score (nSPS) is 11.7. The lowest BCUT2D eigenvalue weighted by molar-refractivity contribution is 0.609. The van der Waals surface area contributed by atoms with Gasteiger partial charge in [0.05, 0.1) is 0 Å². The van der Waals surface area contributed by atoms with Crippen molar-refractivity contribution in [1.82, 2.24) is 10.3 Å². The zero-order valence-corrected chi connectivity index (χ0v) is 13.3. The molecule has 3 nitrogen and oxygen atoms in total. The van der Waals surface area contributed by atoms with Gasteiger partial charge in [0.2, 0.25) is 0 Å². The van der Waals surface area contributed by atoms with Crippen molar-refractivity contribution in [3.8, 4) is 0 Å². The Morgan fingerprint density at radius 3 is 2.71 bits per heavy atom. The Morgan fingerprint density at radius 1 is 1.24 bits per heavy atom. The standard InChI is InChI=1S/C17H21N3S/c1-13-10-11-18-16(12-13)20-17(21)19-14(2)8-9-15-6-4-3-5-7-15/h3-7,10-12,14H,8-9H2,1-2H3,(H2,18,19,20,21)/t14-/m1/s1. The molecule has 110 valence electrons. The highest BCUT2D eigenvalue weighted by Gasteiger charge is 2.05. The van der Waals surface area contributed by atoms with E-state index in [1.165, 1.54) is 5.56 Å². The average molecular weight is 299 g/mol. The lowest BCUT2D eigenvalue weighted by atomic mass is 10.1. The van der Waals surface area contributed by atoms with Crippen molar-refractivity contribution in [2.24, 2.45) is 0 Å². The van der Waals surface area contributed by atoms with E-state index in [0.29, 0.717) is 11.2 Å². The van der Waals surface area contributed by atoms with Crippen LogP contribution in [0.5, 0.6) is 0 Å². The molecule has 0 aliphatic carbocycles. The molecule has 0 aliphatic heterocycles. The second-order valence-electron chi connectivity index (χ2n) is 5.24. The highest BCUT2D eigenvalue weighted by atomic mass is 32.1. The van der Waals surface area contributed by atoms with Gasteiger partial charge in [-0.25, -0.2) is 4.98 Å². The third kappa shape index (κ3) is 5.52. The molecule has 0 fully saturated rings. The third-order valence-corrected chi connectivity index (χ3v) is 3.46. The number of anilines is 1. The summed E-state index contributed by atoms with van der Waals surface area (Å²) in [4.78, 5) is 4.24. The molecule has 2 N–H and O–H groups in total. The molecule has 0 aliphatic rings. The summed E-state index contributed by atoms with van der Waals surface area (Å²) in [5.41, 5.74) is 2.51. The van der Waals surface area contributed by atoms with Crippen molar-refractivity contribution < 1.29 is 0 Å². The number of aryl methyl sites for hydroxylation is 2. The maximum absolute atomic E-state index is 5.32. The minimum absolute atomic E-state index is 0.315. The average Bonchev–Trinajstić information content (AvgIpc) is 2.46. The fraction of sp³-hybridized carbons (Fsp3) is 0.294. The van der Waals surface area contributed by atoms with Gasteiger partial charge in [0.1, 0.15) is 5.82 Å². The highest BCUT2D eigenvalue weighted by molar-refractivity contribution is 7.80. The van der Waals surface area contributed by atoms with Gasteiger partial charge in [0, 0.05) is 12.2 Å². The summed E-state index contributed by atoms with van der Waals surface area (Å²) in [6, 6.07) is 14.7. The summed E-state index contributed by atoms with van der Waals surface area (Å²) in [6.07, 6.45) is 3.85. The van der Waals surface area contributed by atoms with Crippen molar-refractivity contribution in [3.63, 3.8) is 0 Å². The van der Waals surface area contributed by atoms with E-state index >= 15 is 0 Å². The van der Waals surface area contributed by atoms with Gasteiger partial charge < -0.3 is 10.6 Å². The second-order valence-corrected chi connectivity index (χ2v) is 5.65. The van der Waals surface area contributed by atoms with Crippen molar-refractivity contribution >= 4 is 23.1 Å². The molecule has 0 saturated carbocycles. The summed E-state index contributed by atoms with van der Waals surface area (Å²) in [5, 5.41) is 7.04. The number of rotatable bonds is 5. The lowest BCUT2D eigenvalue weighted by Crippen LogP contribution is -2.36. The SMILES string of the molecule is Cc1ccnc(NC(=S)N[C@H](C)CCc2ccccc2)c1. The van der Waals surface area contributed by atoms with Crippen LogP contribution in [0, 0.1) is 6.92 Å². The van der Waals surface area contributed by atoms with Crippen molar-refractivity contribution in [2.75, 3.05) is 5.32 Å². The van der Waals surface area contributed by atoms with Crippen LogP contribution in [-0.2, 0) is 6.42 Å². The molecule has 1 aromatic carbocycles. The first kappa shape index (κ1) is 15.4. The predicted molar refractivity (Wildman–Crippen MR) is 92.6 cm³/mol. The fourth-order valence-corrected chi connectivity index (χ4v) is 2.39. The molecule has 0 radical (unpaired) electrons. The minimum Gasteiger partial charge on any atom is -0.360 e. The second kappa shape index (κ2) is 7.74. The monoisotopic (exact) mass is 299 g/mol. The molecule has 0 saturated heterocycles. The Kier molecular flexibility index (Phi) is 5.69. The van der Waals surface area contributed by atoms with Crippen LogP contribution >= 0.6 is 12.2 Å². The van der Waals surface area contributed by atoms with Gasteiger partial charge in [-0.2, -0.15) is 0 Å². The van der Waals surface area contributed by atoms with Gasteiger partial charge in [-0.3, -0.25) is 0 Å². The summed E-state index contributed by atoms with van der Waals surface area (Å²) in [5.74, 6) is 0.780. The number of nitrogens with zero attached hydrogens (tertiary/aromatic N) is 1. The van der Waals surface area contributed by atoms with Gasteiger partial charge in [-0.1, -0.05) is 30.3 Å². The van der Waals surface area contributed by atoms with Crippen molar-refractivity contribution in [3.05, 3.63) is 59.8 Å². The van der Waals surface area contributed by atoms with Crippen LogP contribution in [0.15, 0.2) is 48.7 Å². The Bertz CT molecular complexity index is 584. The quantitative estimate of drug-likeness (QED) is 0.826. The predicted octanol–water partition coefficient (Wildman–Crippen LogP) is 3.70.